The quantitative estimate of drug-likeness (QED) is 0.781. The van der Waals surface area contributed by atoms with E-state index in [9.17, 15) is 13.2 Å². The summed E-state index contributed by atoms with van der Waals surface area (Å²) in [5.74, 6) is -0.656. The number of nitrogens with zero attached hydrogens (tertiary/aromatic N) is 1. The van der Waals surface area contributed by atoms with Crippen LogP contribution in [0.5, 0.6) is 0 Å². The van der Waals surface area contributed by atoms with Crippen molar-refractivity contribution in [2.24, 2.45) is 0 Å². The normalized spacial score (nSPS) is 11.4. The Kier molecular flexibility index (Phi) is 5.17. The van der Waals surface area contributed by atoms with Crippen molar-refractivity contribution >= 4 is 16.0 Å². The van der Waals surface area contributed by atoms with Gasteiger partial charge in [0.05, 0.1) is 6.61 Å². The molecule has 0 saturated carbocycles. The smallest absolute Gasteiger partial charge is 0.341 e. The minimum atomic E-state index is -3.87. The number of hydrogen-bond donors (Lipinski definition) is 2. The van der Waals surface area contributed by atoms with Crippen LogP contribution in [0.3, 0.4) is 0 Å². The first-order chi connectivity index (χ1) is 10.9. The molecule has 0 saturated heterocycles. The largest absolute Gasteiger partial charge is 0.462 e. The molecule has 7 nitrogen and oxygen atoms in total. The van der Waals surface area contributed by atoms with Crippen LogP contribution in [0, 0.1) is 13.8 Å². The van der Waals surface area contributed by atoms with Gasteiger partial charge in [-0.15, -0.1) is 0 Å². The van der Waals surface area contributed by atoms with E-state index in [0.717, 1.165) is 5.56 Å². The van der Waals surface area contributed by atoms with Crippen LogP contribution in [0.15, 0.2) is 29.4 Å². The van der Waals surface area contributed by atoms with Crippen LogP contribution in [0.1, 0.15) is 34.2 Å². The second-order valence-corrected chi connectivity index (χ2v) is 6.69. The zero-order valence-electron chi connectivity index (χ0n) is 13.2. The fourth-order valence-electron chi connectivity index (χ4n) is 2.30. The number of sulfonamides is 1. The summed E-state index contributed by atoms with van der Waals surface area (Å²) in [6.45, 7) is 5.17. The Labute approximate surface area is 135 Å². The summed E-state index contributed by atoms with van der Waals surface area (Å²) in [6.07, 6.45) is 3.18. The van der Waals surface area contributed by atoms with Crippen molar-refractivity contribution in [1.82, 2.24) is 14.7 Å². The molecule has 124 valence electrons. The lowest BCUT2D eigenvalue weighted by atomic mass is 10.2. The molecule has 2 aromatic rings. The fourth-order valence-corrected chi connectivity index (χ4v) is 3.76. The second kappa shape index (κ2) is 6.93. The number of rotatable bonds is 6. The van der Waals surface area contributed by atoms with Gasteiger partial charge < -0.3 is 9.72 Å². The molecular formula is C15H19N3O4S. The highest BCUT2D eigenvalue weighted by molar-refractivity contribution is 7.89. The monoisotopic (exact) mass is 337 g/mol. The van der Waals surface area contributed by atoms with Gasteiger partial charge in [-0.25, -0.2) is 17.9 Å². The molecule has 23 heavy (non-hydrogen) atoms. The van der Waals surface area contributed by atoms with E-state index < -0.39 is 16.0 Å². The van der Waals surface area contributed by atoms with E-state index in [0.29, 0.717) is 11.4 Å². The van der Waals surface area contributed by atoms with Crippen molar-refractivity contribution in [2.75, 3.05) is 6.61 Å². The summed E-state index contributed by atoms with van der Waals surface area (Å²) < 4.78 is 32.7. The van der Waals surface area contributed by atoms with Gasteiger partial charge in [0.15, 0.2) is 0 Å². The minimum absolute atomic E-state index is 0.0445. The number of H-pyrrole nitrogens is 1. The summed E-state index contributed by atoms with van der Waals surface area (Å²) >= 11 is 0. The van der Waals surface area contributed by atoms with Crippen LogP contribution in [-0.4, -0.2) is 31.0 Å². The molecule has 0 aliphatic heterocycles. The molecule has 0 unspecified atom stereocenters. The zero-order valence-corrected chi connectivity index (χ0v) is 14.0. The summed E-state index contributed by atoms with van der Waals surface area (Å²) in [5.41, 5.74) is 1.62. The van der Waals surface area contributed by atoms with E-state index in [1.54, 1.807) is 45.3 Å². The van der Waals surface area contributed by atoms with Crippen LogP contribution >= 0.6 is 0 Å². The third-order valence-electron chi connectivity index (χ3n) is 3.26. The van der Waals surface area contributed by atoms with Gasteiger partial charge in [-0.2, -0.15) is 0 Å². The van der Waals surface area contributed by atoms with Gasteiger partial charge in [-0.3, -0.25) is 4.98 Å². The van der Waals surface area contributed by atoms with E-state index in [-0.39, 0.29) is 23.6 Å². The number of nitrogens with one attached hydrogen (secondary N) is 2. The van der Waals surface area contributed by atoms with E-state index in [1.165, 1.54) is 0 Å². The van der Waals surface area contributed by atoms with Gasteiger partial charge in [-0.1, -0.05) is 6.07 Å². The van der Waals surface area contributed by atoms with E-state index in [4.69, 9.17) is 4.74 Å². The summed E-state index contributed by atoms with van der Waals surface area (Å²) in [7, 11) is -3.87. The van der Waals surface area contributed by atoms with Gasteiger partial charge in [0.2, 0.25) is 10.0 Å². The molecule has 2 rings (SSSR count). The third-order valence-corrected chi connectivity index (χ3v) is 4.83. The summed E-state index contributed by atoms with van der Waals surface area (Å²) in [5, 5.41) is 0. The molecule has 0 bridgehead atoms. The highest BCUT2D eigenvalue weighted by Crippen LogP contribution is 2.24. The Morgan fingerprint density at radius 2 is 2.09 bits per heavy atom. The average Bonchev–Trinajstić information content (AvgIpc) is 2.82. The lowest BCUT2D eigenvalue weighted by molar-refractivity contribution is 0.0521. The third kappa shape index (κ3) is 3.77. The molecule has 0 fully saturated rings. The first kappa shape index (κ1) is 17.2. The lowest BCUT2D eigenvalue weighted by Gasteiger charge is -2.09. The van der Waals surface area contributed by atoms with Gasteiger partial charge in [0.1, 0.15) is 10.5 Å². The number of ether oxygens (including phenoxy) is 1. The number of aromatic nitrogens is 2. The van der Waals surface area contributed by atoms with Gasteiger partial charge in [0.25, 0.3) is 0 Å². The Hall–Kier alpha value is -2.19. The molecule has 0 radical (unpaired) electrons. The number of pyridine rings is 1. The molecule has 2 heterocycles. The molecule has 0 aromatic carbocycles. The van der Waals surface area contributed by atoms with Gasteiger partial charge in [0, 0.05) is 30.3 Å². The predicted octanol–water partition coefficient (Wildman–Crippen LogP) is 1.68. The zero-order chi connectivity index (χ0) is 17.0. The van der Waals surface area contributed by atoms with Crippen LogP contribution in [-0.2, 0) is 21.3 Å². The number of aryl methyl sites for hydroxylation is 2. The molecule has 2 N–H and O–H groups in total. The van der Waals surface area contributed by atoms with Crippen molar-refractivity contribution in [3.05, 3.63) is 47.0 Å². The van der Waals surface area contributed by atoms with Crippen LogP contribution in [0.25, 0.3) is 0 Å². The second-order valence-electron chi connectivity index (χ2n) is 4.99. The fraction of sp³-hybridized carbons (Fsp3) is 0.333. The predicted molar refractivity (Wildman–Crippen MR) is 84.5 cm³/mol. The average molecular weight is 337 g/mol. The van der Waals surface area contributed by atoms with Crippen molar-refractivity contribution < 1.29 is 17.9 Å². The lowest BCUT2D eigenvalue weighted by Crippen LogP contribution is -2.25. The van der Waals surface area contributed by atoms with Gasteiger partial charge in [-0.05, 0) is 32.4 Å². The summed E-state index contributed by atoms with van der Waals surface area (Å²) in [4.78, 5) is 18.8. The molecule has 0 aliphatic rings. The van der Waals surface area contributed by atoms with Crippen molar-refractivity contribution in [3.63, 3.8) is 0 Å². The maximum Gasteiger partial charge on any atom is 0.341 e. The SMILES string of the molecule is CCOC(=O)c1c(C)[nH]c(C)c1S(=O)(=O)NCc1cccnc1. The minimum Gasteiger partial charge on any atom is -0.462 e. The number of carbonyl (C=O) groups excluding carboxylic acids is 1. The number of carbonyl (C=O) groups is 1. The highest BCUT2D eigenvalue weighted by Gasteiger charge is 2.29. The van der Waals surface area contributed by atoms with E-state index >= 15 is 0 Å². The van der Waals surface area contributed by atoms with Crippen molar-refractivity contribution in [1.29, 1.82) is 0 Å². The van der Waals surface area contributed by atoms with Crippen molar-refractivity contribution in [3.8, 4) is 0 Å². The Morgan fingerprint density at radius 1 is 1.35 bits per heavy atom. The first-order valence-corrected chi connectivity index (χ1v) is 8.60. The highest BCUT2D eigenvalue weighted by atomic mass is 32.2. The molecule has 0 atom stereocenters. The molecule has 0 spiro atoms. The Balaban J connectivity index is 2.34. The molecule has 2 aromatic heterocycles. The molecule has 0 aliphatic carbocycles. The van der Waals surface area contributed by atoms with Crippen LogP contribution < -0.4 is 4.72 Å². The van der Waals surface area contributed by atoms with E-state index in [1.807, 2.05) is 0 Å². The van der Waals surface area contributed by atoms with Gasteiger partial charge >= 0.3 is 5.97 Å². The number of aromatic amines is 1. The number of esters is 1. The first-order valence-electron chi connectivity index (χ1n) is 7.11. The standard InChI is InChI=1S/C15H19N3O4S/c1-4-22-15(19)13-10(2)18-11(3)14(13)23(20,21)17-9-12-6-5-7-16-8-12/h5-8,17-18H,4,9H2,1-3H3. The molecule has 0 amide bonds. The van der Waals surface area contributed by atoms with Crippen LogP contribution in [0.4, 0.5) is 0 Å². The molecule has 8 heteroatoms. The maximum absolute atomic E-state index is 12.6. The van der Waals surface area contributed by atoms with Crippen LogP contribution in [0.2, 0.25) is 0 Å². The topological polar surface area (TPSA) is 101 Å². The Morgan fingerprint density at radius 3 is 2.70 bits per heavy atom. The van der Waals surface area contributed by atoms with Crippen molar-refractivity contribution in [2.45, 2.75) is 32.2 Å². The maximum atomic E-state index is 12.6. The molecular weight excluding hydrogens is 318 g/mol. The van der Waals surface area contributed by atoms with E-state index in [2.05, 4.69) is 14.7 Å². The number of hydrogen-bond acceptors (Lipinski definition) is 5. The summed E-state index contributed by atoms with van der Waals surface area (Å²) in [6, 6.07) is 3.48. The Bertz CT molecular complexity index is 798.